The van der Waals surface area contributed by atoms with Gasteiger partial charge < -0.3 is 4.90 Å². The first-order valence-electron chi connectivity index (χ1n) is 6.90. The van der Waals surface area contributed by atoms with E-state index < -0.39 is 0 Å². The Morgan fingerprint density at radius 1 is 1.30 bits per heavy atom. The molecule has 0 radical (unpaired) electrons. The highest BCUT2D eigenvalue weighted by molar-refractivity contribution is 7.13. The van der Waals surface area contributed by atoms with E-state index in [2.05, 4.69) is 31.0 Å². The van der Waals surface area contributed by atoms with E-state index in [-0.39, 0.29) is 5.91 Å². The van der Waals surface area contributed by atoms with Crippen molar-refractivity contribution >= 4 is 17.2 Å². The molecule has 0 N–H and O–H groups in total. The average molecular weight is 288 g/mol. The fourth-order valence-corrected chi connectivity index (χ4v) is 2.69. The Bertz CT molecular complexity index is 574. The third kappa shape index (κ3) is 3.45. The van der Waals surface area contributed by atoms with E-state index in [1.54, 1.807) is 4.90 Å². The smallest absolute Gasteiger partial charge is 0.273 e. The highest BCUT2D eigenvalue weighted by atomic mass is 32.1. The van der Waals surface area contributed by atoms with Gasteiger partial charge in [0.2, 0.25) is 0 Å². The van der Waals surface area contributed by atoms with E-state index in [0.29, 0.717) is 5.69 Å². The lowest BCUT2D eigenvalue weighted by atomic mass is 10.2. The molecule has 0 aliphatic rings. The van der Waals surface area contributed by atoms with Gasteiger partial charge in [0, 0.05) is 24.5 Å². The second-order valence-corrected chi connectivity index (χ2v) is 5.84. The van der Waals surface area contributed by atoms with Gasteiger partial charge in [-0.2, -0.15) is 0 Å². The molecule has 0 saturated heterocycles. The second kappa shape index (κ2) is 6.66. The molecule has 2 rings (SSSR count). The van der Waals surface area contributed by atoms with Crippen molar-refractivity contribution in [3.8, 4) is 10.6 Å². The number of hydrogen-bond donors (Lipinski definition) is 0. The maximum atomic E-state index is 12.2. The normalized spacial score (nSPS) is 10.6. The van der Waals surface area contributed by atoms with Crippen LogP contribution in [0.5, 0.6) is 0 Å². The molecule has 1 aromatic heterocycles. The number of benzene rings is 1. The van der Waals surface area contributed by atoms with E-state index in [0.717, 1.165) is 30.0 Å². The van der Waals surface area contributed by atoms with Crippen LogP contribution >= 0.6 is 11.3 Å². The molecule has 2 aromatic rings. The maximum absolute atomic E-state index is 12.2. The highest BCUT2D eigenvalue weighted by Crippen LogP contribution is 2.24. The molecular weight excluding hydrogens is 268 g/mol. The van der Waals surface area contributed by atoms with Gasteiger partial charge >= 0.3 is 0 Å². The van der Waals surface area contributed by atoms with E-state index in [4.69, 9.17) is 0 Å². The van der Waals surface area contributed by atoms with Gasteiger partial charge in [0.1, 0.15) is 10.7 Å². The molecule has 0 saturated carbocycles. The second-order valence-electron chi connectivity index (χ2n) is 4.98. The van der Waals surface area contributed by atoms with Crippen LogP contribution in [0.25, 0.3) is 10.6 Å². The molecule has 20 heavy (non-hydrogen) atoms. The van der Waals surface area contributed by atoms with Crippen LogP contribution in [-0.2, 0) is 0 Å². The van der Waals surface area contributed by atoms with Crippen LogP contribution in [0.3, 0.4) is 0 Å². The molecule has 1 heterocycles. The number of nitrogens with zero attached hydrogens (tertiary/aromatic N) is 2. The molecule has 0 fully saturated rings. The van der Waals surface area contributed by atoms with Crippen molar-refractivity contribution < 1.29 is 4.79 Å². The molecule has 0 bridgehead atoms. The number of rotatable bonds is 5. The molecular formula is C16H20N2OS. The number of unbranched alkanes of at least 4 members (excludes halogenated alkanes) is 1. The minimum absolute atomic E-state index is 0.00746. The third-order valence-electron chi connectivity index (χ3n) is 3.22. The molecule has 0 aliphatic heterocycles. The minimum Gasteiger partial charge on any atom is -0.340 e. The van der Waals surface area contributed by atoms with Gasteiger partial charge in [0.25, 0.3) is 5.91 Å². The van der Waals surface area contributed by atoms with Crippen LogP contribution in [0, 0.1) is 6.92 Å². The minimum atomic E-state index is 0.00746. The Morgan fingerprint density at radius 3 is 2.65 bits per heavy atom. The molecule has 0 atom stereocenters. The van der Waals surface area contributed by atoms with Crippen molar-refractivity contribution in [3.05, 3.63) is 40.9 Å². The number of carbonyl (C=O) groups is 1. The van der Waals surface area contributed by atoms with Gasteiger partial charge in [0.15, 0.2) is 0 Å². The monoisotopic (exact) mass is 288 g/mol. The third-order valence-corrected chi connectivity index (χ3v) is 4.11. The van der Waals surface area contributed by atoms with E-state index in [9.17, 15) is 4.79 Å². The summed E-state index contributed by atoms with van der Waals surface area (Å²) in [7, 11) is 1.84. The van der Waals surface area contributed by atoms with Crippen LogP contribution in [-0.4, -0.2) is 29.4 Å². The number of hydrogen-bond acceptors (Lipinski definition) is 3. The number of thiazole rings is 1. The van der Waals surface area contributed by atoms with Crippen LogP contribution < -0.4 is 0 Å². The number of carbonyl (C=O) groups excluding carboxylic acids is 1. The Morgan fingerprint density at radius 2 is 2.00 bits per heavy atom. The summed E-state index contributed by atoms with van der Waals surface area (Å²) in [6.07, 6.45) is 2.11. The molecule has 1 amide bonds. The zero-order valence-corrected chi connectivity index (χ0v) is 13.0. The molecule has 0 aliphatic carbocycles. The number of aromatic nitrogens is 1. The first kappa shape index (κ1) is 14.7. The molecule has 0 unspecified atom stereocenters. The molecule has 3 nitrogen and oxygen atoms in total. The summed E-state index contributed by atoms with van der Waals surface area (Å²) in [5.74, 6) is 0.00746. The first-order chi connectivity index (χ1) is 9.61. The summed E-state index contributed by atoms with van der Waals surface area (Å²) >= 11 is 1.52. The summed E-state index contributed by atoms with van der Waals surface area (Å²) < 4.78 is 0. The lowest BCUT2D eigenvalue weighted by Crippen LogP contribution is -2.27. The fraction of sp³-hybridized carbons (Fsp3) is 0.375. The van der Waals surface area contributed by atoms with Crippen LogP contribution in [0.15, 0.2) is 29.6 Å². The Balaban J connectivity index is 2.12. The predicted molar refractivity (Wildman–Crippen MR) is 84.2 cm³/mol. The van der Waals surface area contributed by atoms with Gasteiger partial charge in [-0.05, 0) is 13.3 Å². The summed E-state index contributed by atoms with van der Waals surface area (Å²) in [6.45, 7) is 4.96. The molecule has 0 spiro atoms. The number of aryl methyl sites for hydroxylation is 1. The van der Waals surface area contributed by atoms with Crippen LogP contribution in [0.1, 0.15) is 35.8 Å². The van der Waals surface area contributed by atoms with Crippen LogP contribution in [0.4, 0.5) is 0 Å². The van der Waals surface area contributed by atoms with Crippen molar-refractivity contribution in [2.45, 2.75) is 26.7 Å². The zero-order valence-electron chi connectivity index (χ0n) is 12.2. The van der Waals surface area contributed by atoms with Crippen molar-refractivity contribution in [1.29, 1.82) is 0 Å². The van der Waals surface area contributed by atoms with Crippen molar-refractivity contribution in [3.63, 3.8) is 0 Å². The number of amides is 1. The Labute approximate surface area is 124 Å². The SMILES string of the molecule is CCCCN(C)C(=O)c1csc(-c2ccc(C)cc2)n1. The quantitative estimate of drug-likeness (QED) is 0.833. The summed E-state index contributed by atoms with van der Waals surface area (Å²) in [5.41, 5.74) is 2.83. The zero-order chi connectivity index (χ0) is 14.5. The van der Waals surface area contributed by atoms with Gasteiger partial charge in [-0.25, -0.2) is 4.98 Å². The predicted octanol–water partition coefficient (Wildman–Crippen LogP) is 3.99. The van der Waals surface area contributed by atoms with Crippen molar-refractivity contribution in [2.24, 2.45) is 0 Å². The summed E-state index contributed by atoms with van der Waals surface area (Å²) in [4.78, 5) is 18.4. The maximum Gasteiger partial charge on any atom is 0.273 e. The standard InChI is InChI=1S/C16H20N2OS/c1-4-5-10-18(3)16(19)14-11-20-15(17-14)13-8-6-12(2)7-9-13/h6-9,11H,4-5,10H2,1-3H3. The Kier molecular flexibility index (Phi) is 4.90. The van der Waals surface area contributed by atoms with Crippen molar-refractivity contribution in [2.75, 3.05) is 13.6 Å². The highest BCUT2D eigenvalue weighted by Gasteiger charge is 2.15. The van der Waals surface area contributed by atoms with Gasteiger partial charge in [-0.1, -0.05) is 43.2 Å². The van der Waals surface area contributed by atoms with E-state index in [1.165, 1.54) is 16.9 Å². The van der Waals surface area contributed by atoms with E-state index in [1.807, 2.05) is 24.6 Å². The van der Waals surface area contributed by atoms with Gasteiger partial charge in [-0.15, -0.1) is 11.3 Å². The van der Waals surface area contributed by atoms with E-state index >= 15 is 0 Å². The lowest BCUT2D eigenvalue weighted by Gasteiger charge is -2.14. The average Bonchev–Trinajstić information content (AvgIpc) is 2.94. The molecule has 4 heteroatoms. The Hall–Kier alpha value is -1.68. The topological polar surface area (TPSA) is 33.2 Å². The first-order valence-corrected chi connectivity index (χ1v) is 7.78. The fourth-order valence-electron chi connectivity index (χ4n) is 1.89. The largest absolute Gasteiger partial charge is 0.340 e. The van der Waals surface area contributed by atoms with Gasteiger partial charge in [-0.3, -0.25) is 4.79 Å². The summed E-state index contributed by atoms with van der Waals surface area (Å²) in [6, 6.07) is 8.21. The summed E-state index contributed by atoms with van der Waals surface area (Å²) in [5, 5.41) is 2.75. The van der Waals surface area contributed by atoms with Gasteiger partial charge in [0.05, 0.1) is 0 Å². The molecule has 1 aromatic carbocycles. The molecule has 106 valence electrons. The van der Waals surface area contributed by atoms with Crippen LogP contribution in [0.2, 0.25) is 0 Å². The lowest BCUT2D eigenvalue weighted by molar-refractivity contribution is 0.0788. The van der Waals surface area contributed by atoms with Crippen molar-refractivity contribution in [1.82, 2.24) is 9.88 Å².